The average Bonchev–Trinajstić information content (AvgIpc) is 1.99. The van der Waals surface area contributed by atoms with Crippen molar-refractivity contribution in [2.75, 3.05) is 0 Å². The highest BCUT2D eigenvalue weighted by Crippen LogP contribution is 2.26. The second-order valence-electron chi connectivity index (χ2n) is 2.13. The Labute approximate surface area is 73.3 Å². The molecule has 0 radical (unpaired) electrons. The van der Waals surface area contributed by atoms with Crippen LogP contribution in [0.15, 0.2) is 22.7 Å². The second-order valence-corrected chi connectivity index (χ2v) is 2.98. The minimum absolute atomic E-state index is 0.241. The standard InChI is InChI=1S/C7H9BrN2O/c8-6-3-1-2-5(4-10-9)7(6)11/h1-3,10-11H,4,9H2. The number of hydrogen-bond donors (Lipinski definition) is 3. The molecule has 0 saturated carbocycles. The van der Waals surface area contributed by atoms with Crippen LogP contribution in [0.4, 0.5) is 0 Å². The van der Waals surface area contributed by atoms with E-state index in [2.05, 4.69) is 21.4 Å². The molecular formula is C7H9BrN2O. The first kappa shape index (κ1) is 8.52. The summed E-state index contributed by atoms with van der Waals surface area (Å²) in [4.78, 5) is 0. The van der Waals surface area contributed by atoms with Gasteiger partial charge in [0, 0.05) is 12.1 Å². The van der Waals surface area contributed by atoms with Gasteiger partial charge in [0.1, 0.15) is 5.75 Å². The molecule has 1 aromatic rings. The number of nitrogens with two attached hydrogens (primary N) is 1. The van der Waals surface area contributed by atoms with E-state index in [9.17, 15) is 5.11 Å². The van der Waals surface area contributed by atoms with Gasteiger partial charge in [0.2, 0.25) is 0 Å². The van der Waals surface area contributed by atoms with Crippen LogP contribution in [0.25, 0.3) is 0 Å². The number of benzene rings is 1. The predicted octanol–water partition coefficient (Wildman–Crippen LogP) is 1.12. The van der Waals surface area contributed by atoms with Crippen LogP contribution in [0, 0.1) is 0 Å². The molecule has 0 amide bonds. The Kier molecular flexibility index (Phi) is 2.87. The van der Waals surface area contributed by atoms with Crippen molar-refractivity contribution in [3.63, 3.8) is 0 Å². The van der Waals surface area contributed by atoms with Crippen molar-refractivity contribution in [1.82, 2.24) is 5.43 Å². The molecular weight excluding hydrogens is 208 g/mol. The van der Waals surface area contributed by atoms with Crippen molar-refractivity contribution in [2.45, 2.75) is 6.54 Å². The van der Waals surface area contributed by atoms with E-state index in [0.717, 1.165) is 5.56 Å². The lowest BCUT2D eigenvalue weighted by Gasteiger charge is -2.03. The molecule has 0 aliphatic carbocycles. The zero-order valence-electron chi connectivity index (χ0n) is 5.84. The summed E-state index contributed by atoms with van der Waals surface area (Å²) in [6.45, 7) is 0.464. The van der Waals surface area contributed by atoms with E-state index in [4.69, 9.17) is 5.84 Å². The van der Waals surface area contributed by atoms with Gasteiger partial charge in [-0.3, -0.25) is 11.3 Å². The summed E-state index contributed by atoms with van der Waals surface area (Å²) in [7, 11) is 0. The maximum atomic E-state index is 9.39. The number of para-hydroxylation sites is 1. The lowest BCUT2D eigenvalue weighted by molar-refractivity contribution is 0.461. The minimum Gasteiger partial charge on any atom is -0.506 e. The topological polar surface area (TPSA) is 58.3 Å². The number of hydrogen-bond acceptors (Lipinski definition) is 3. The van der Waals surface area contributed by atoms with Gasteiger partial charge < -0.3 is 5.11 Å². The van der Waals surface area contributed by atoms with Crippen LogP contribution in [0.2, 0.25) is 0 Å². The molecule has 0 aromatic heterocycles. The first-order valence-corrected chi connectivity index (χ1v) is 3.95. The number of hydrazine groups is 1. The van der Waals surface area contributed by atoms with Gasteiger partial charge in [-0.15, -0.1) is 0 Å². The first-order valence-electron chi connectivity index (χ1n) is 3.15. The van der Waals surface area contributed by atoms with Gasteiger partial charge in [-0.1, -0.05) is 12.1 Å². The van der Waals surface area contributed by atoms with Crippen LogP contribution in [0.1, 0.15) is 5.56 Å². The molecule has 1 rings (SSSR count). The monoisotopic (exact) mass is 216 g/mol. The number of nitrogens with one attached hydrogen (secondary N) is 1. The largest absolute Gasteiger partial charge is 0.506 e. The highest BCUT2D eigenvalue weighted by Gasteiger charge is 2.02. The molecule has 11 heavy (non-hydrogen) atoms. The summed E-state index contributed by atoms with van der Waals surface area (Å²) in [5, 5.41) is 9.39. The third-order valence-corrected chi connectivity index (χ3v) is 2.00. The fourth-order valence-corrected chi connectivity index (χ4v) is 1.22. The molecule has 4 N–H and O–H groups in total. The maximum absolute atomic E-state index is 9.39. The molecule has 0 spiro atoms. The molecule has 0 aliphatic rings. The Morgan fingerprint density at radius 2 is 2.27 bits per heavy atom. The Bertz CT molecular complexity index is 252. The minimum atomic E-state index is 0.241. The quantitative estimate of drug-likeness (QED) is 0.513. The van der Waals surface area contributed by atoms with Gasteiger partial charge in [0.15, 0.2) is 0 Å². The van der Waals surface area contributed by atoms with Crippen LogP contribution >= 0.6 is 15.9 Å². The Hall–Kier alpha value is -0.580. The third-order valence-electron chi connectivity index (χ3n) is 1.36. The van der Waals surface area contributed by atoms with Crippen LogP contribution in [-0.4, -0.2) is 5.11 Å². The Morgan fingerprint density at radius 3 is 2.91 bits per heavy atom. The van der Waals surface area contributed by atoms with E-state index in [1.807, 2.05) is 6.07 Å². The Morgan fingerprint density at radius 1 is 1.55 bits per heavy atom. The van der Waals surface area contributed by atoms with Crippen LogP contribution in [0.3, 0.4) is 0 Å². The average molecular weight is 217 g/mol. The lowest BCUT2D eigenvalue weighted by Crippen LogP contribution is -2.20. The second kappa shape index (κ2) is 3.71. The van der Waals surface area contributed by atoms with Crippen LogP contribution in [0.5, 0.6) is 5.75 Å². The zero-order valence-corrected chi connectivity index (χ0v) is 7.43. The Balaban J connectivity index is 2.96. The van der Waals surface area contributed by atoms with E-state index >= 15 is 0 Å². The summed E-state index contributed by atoms with van der Waals surface area (Å²) in [5.41, 5.74) is 3.25. The number of halogens is 1. The molecule has 0 heterocycles. The maximum Gasteiger partial charge on any atom is 0.134 e. The van der Waals surface area contributed by atoms with E-state index in [-0.39, 0.29) is 5.75 Å². The fraction of sp³-hybridized carbons (Fsp3) is 0.143. The summed E-state index contributed by atoms with van der Waals surface area (Å²) in [6.07, 6.45) is 0. The molecule has 3 nitrogen and oxygen atoms in total. The molecule has 4 heteroatoms. The van der Waals surface area contributed by atoms with Crippen molar-refractivity contribution < 1.29 is 5.11 Å². The van der Waals surface area contributed by atoms with Gasteiger partial charge in [0.05, 0.1) is 4.47 Å². The normalized spacial score (nSPS) is 10.0. The van der Waals surface area contributed by atoms with Crippen molar-refractivity contribution in [2.24, 2.45) is 5.84 Å². The van der Waals surface area contributed by atoms with E-state index in [1.165, 1.54) is 0 Å². The van der Waals surface area contributed by atoms with Crippen molar-refractivity contribution in [3.8, 4) is 5.75 Å². The predicted molar refractivity (Wildman–Crippen MR) is 46.8 cm³/mol. The number of aromatic hydroxyl groups is 1. The fourth-order valence-electron chi connectivity index (χ4n) is 0.813. The molecule has 0 unspecified atom stereocenters. The van der Waals surface area contributed by atoms with Crippen LogP contribution < -0.4 is 11.3 Å². The lowest BCUT2D eigenvalue weighted by atomic mass is 10.2. The van der Waals surface area contributed by atoms with Gasteiger partial charge in [-0.25, -0.2) is 0 Å². The van der Waals surface area contributed by atoms with Gasteiger partial charge in [-0.05, 0) is 22.0 Å². The molecule has 0 aliphatic heterocycles. The van der Waals surface area contributed by atoms with Crippen molar-refractivity contribution >= 4 is 15.9 Å². The molecule has 60 valence electrons. The zero-order chi connectivity index (χ0) is 8.27. The van der Waals surface area contributed by atoms with E-state index < -0.39 is 0 Å². The SMILES string of the molecule is NNCc1cccc(Br)c1O. The first-order chi connectivity index (χ1) is 5.25. The van der Waals surface area contributed by atoms with Crippen LogP contribution in [-0.2, 0) is 6.54 Å². The highest BCUT2D eigenvalue weighted by atomic mass is 79.9. The summed E-state index contributed by atoms with van der Waals surface area (Å²) in [5.74, 6) is 5.34. The molecule has 0 atom stereocenters. The molecule has 0 saturated heterocycles. The molecule has 0 bridgehead atoms. The summed E-state index contributed by atoms with van der Waals surface area (Å²) >= 11 is 3.20. The van der Waals surface area contributed by atoms with Gasteiger partial charge >= 0.3 is 0 Å². The molecule has 0 fully saturated rings. The van der Waals surface area contributed by atoms with Gasteiger partial charge in [-0.2, -0.15) is 0 Å². The summed E-state index contributed by atoms with van der Waals surface area (Å²) in [6, 6.07) is 5.42. The molecule has 1 aromatic carbocycles. The number of phenols is 1. The summed E-state index contributed by atoms with van der Waals surface area (Å²) < 4.78 is 0.685. The smallest absolute Gasteiger partial charge is 0.134 e. The van der Waals surface area contributed by atoms with E-state index in [0.29, 0.717) is 11.0 Å². The third kappa shape index (κ3) is 1.92. The van der Waals surface area contributed by atoms with E-state index in [1.54, 1.807) is 12.1 Å². The van der Waals surface area contributed by atoms with Gasteiger partial charge in [0.25, 0.3) is 0 Å². The van der Waals surface area contributed by atoms with Crippen molar-refractivity contribution in [1.29, 1.82) is 0 Å². The number of rotatable bonds is 2. The number of phenolic OH excluding ortho intramolecular Hbond substituents is 1. The highest BCUT2D eigenvalue weighted by molar-refractivity contribution is 9.10. The van der Waals surface area contributed by atoms with Crippen molar-refractivity contribution in [3.05, 3.63) is 28.2 Å².